The summed E-state index contributed by atoms with van der Waals surface area (Å²) in [7, 11) is -3.49. The third-order valence-electron chi connectivity index (χ3n) is 2.99. The van der Waals surface area contributed by atoms with Gasteiger partial charge >= 0.3 is 12.0 Å². The number of primary sulfonamides is 1. The second kappa shape index (κ2) is 8.83. The van der Waals surface area contributed by atoms with Crippen LogP contribution in [0.5, 0.6) is 0 Å². The van der Waals surface area contributed by atoms with Crippen LogP contribution in [0.25, 0.3) is 0 Å². The molecule has 0 bridgehead atoms. The molecule has 21 heavy (non-hydrogen) atoms. The summed E-state index contributed by atoms with van der Waals surface area (Å²) in [6, 6.07) is -0.376. The number of carboxylic acids is 1. The molecule has 124 valence electrons. The molecule has 0 aromatic carbocycles. The highest BCUT2D eigenvalue weighted by molar-refractivity contribution is 7.89. The average Bonchev–Trinajstić information content (AvgIpc) is 2.31. The Hall–Kier alpha value is -1.35. The summed E-state index contributed by atoms with van der Waals surface area (Å²) in [5.41, 5.74) is -0.167. The minimum Gasteiger partial charge on any atom is -0.481 e. The summed E-state index contributed by atoms with van der Waals surface area (Å²) in [6.07, 6.45) is 1.56. The highest BCUT2D eigenvalue weighted by Crippen LogP contribution is 2.25. The number of carbonyl (C=O) groups is 2. The van der Waals surface area contributed by atoms with Gasteiger partial charge < -0.3 is 15.7 Å². The van der Waals surface area contributed by atoms with Crippen LogP contribution in [0.3, 0.4) is 0 Å². The molecule has 0 radical (unpaired) electrons. The van der Waals surface area contributed by atoms with Crippen LogP contribution in [0.15, 0.2) is 0 Å². The minimum absolute atomic E-state index is 0.104. The number of sulfonamides is 1. The van der Waals surface area contributed by atoms with Gasteiger partial charge in [0.2, 0.25) is 10.0 Å². The summed E-state index contributed by atoms with van der Waals surface area (Å²) in [5, 5.41) is 18.6. The number of amides is 2. The molecule has 0 aliphatic carbocycles. The summed E-state index contributed by atoms with van der Waals surface area (Å²) < 4.78 is 21.4. The lowest BCUT2D eigenvalue weighted by molar-refractivity contribution is -0.137. The smallest absolute Gasteiger partial charge is 0.314 e. The number of rotatable bonds is 10. The van der Waals surface area contributed by atoms with Crippen molar-refractivity contribution in [2.45, 2.75) is 39.5 Å². The van der Waals surface area contributed by atoms with Gasteiger partial charge in [-0.05, 0) is 24.7 Å². The van der Waals surface area contributed by atoms with Crippen LogP contribution >= 0.6 is 0 Å². The molecule has 0 aliphatic rings. The van der Waals surface area contributed by atoms with E-state index in [-0.39, 0.29) is 36.6 Å². The average molecular weight is 323 g/mol. The van der Waals surface area contributed by atoms with Crippen molar-refractivity contribution in [1.82, 2.24) is 10.6 Å². The van der Waals surface area contributed by atoms with E-state index in [2.05, 4.69) is 10.6 Å². The Labute approximate surface area is 125 Å². The van der Waals surface area contributed by atoms with E-state index in [9.17, 15) is 18.0 Å². The van der Waals surface area contributed by atoms with E-state index in [1.54, 1.807) is 0 Å². The fraction of sp³-hybridized carbons (Fsp3) is 0.833. The molecular formula is C12H25N3O5S. The zero-order chi connectivity index (χ0) is 16.5. The molecule has 0 aromatic heterocycles. The van der Waals surface area contributed by atoms with Crippen molar-refractivity contribution in [3.8, 4) is 0 Å². The lowest BCUT2D eigenvalue weighted by Crippen LogP contribution is -2.38. The van der Waals surface area contributed by atoms with Gasteiger partial charge in [0.15, 0.2) is 0 Å². The molecular weight excluding hydrogens is 298 g/mol. The number of carboxylic acid groups (broad SMARTS) is 1. The predicted molar refractivity (Wildman–Crippen MR) is 79.3 cm³/mol. The van der Waals surface area contributed by atoms with Crippen molar-refractivity contribution in [3.63, 3.8) is 0 Å². The zero-order valence-corrected chi connectivity index (χ0v) is 13.3. The maximum absolute atomic E-state index is 11.4. The van der Waals surface area contributed by atoms with Crippen LogP contribution in [0.4, 0.5) is 4.79 Å². The maximum atomic E-state index is 11.4. The number of nitrogens with one attached hydrogen (secondary N) is 2. The normalized spacial score (nSPS) is 12.0. The highest BCUT2D eigenvalue weighted by Gasteiger charge is 2.19. The zero-order valence-electron chi connectivity index (χ0n) is 12.5. The van der Waals surface area contributed by atoms with Crippen molar-refractivity contribution in [2.24, 2.45) is 10.6 Å². The Kier molecular flexibility index (Phi) is 8.26. The lowest BCUT2D eigenvalue weighted by atomic mass is 9.84. The molecule has 0 heterocycles. The first-order valence-electron chi connectivity index (χ1n) is 6.76. The third-order valence-corrected chi connectivity index (χ3v) is 3.85. The van der Waals surface area contributed by atoms with Crippen molar-refractivity contribution in [3.05, 3.63) is 0 Å². The molecule has 0 unspecified atom stereocenters. The summed E-state index contributed by atoms with van der Waals surface area (Å²) >= 11 is 0. The van der Waals surface area contributed by atoms with Crippen molar-refractivity contribution in [1.29, 1.82) is 0 Å². The molecule has 2 amide bonds. The van der Waals surface area contributed by atoms with Crippen LogP contribution in [0, 0.1) is 5.41 Å². The fourth-order valence-electron chi connectivity index (χ4n) is 1.62. The van der Waals surface area contributed by atoms with E-state index in [0.29, 0.717) is 19.4 Å². The van der Waals surface area contributed by atoms with Gasteiger partial charge in [-0.15, -0.1) is 0 Å². The molecule has 5 N–H and O–H groups in total. The Morgan fingerprint density at radius 3 is 2.24 bits per heavy atom. The standard InChI is InChI=1S/C12H25N3O5S/c1-12(2,5-4-10(16)17)6-8-15-11(18)14-7-3-9-21(13,19)20/h3-9H2,1-2H3,(H,16,17)(H2,13,19,20)(H2,14,15,18). The van der Waals surface area contributed by atoms with Crippen LogP contribution in [0.1, 0.15) is 39.5 Å². The molecule has 0 atom stereocenters. The topological polar surface area (TPSA) is 139 Å². The largest absolute Gasteiger partial charge is 0.481 e. The van der Waals surface area contributed by atoms with Gasteiger partial charge in [0.25, 0.3) is 0 Å². The second-order valence-electron chi connectivity index (χ2n) is 5.71. The molecule has 0 aromatic rings. The first-order valence-corrected chi connectivity index (χ1v) is 8.47. The second-order valence-corrected chi connectivity index (χ2v) is 7.45. The van der Waals surface area contributed by atoms with E-state index in [1.807, 2.05) is 13.8 Å². The highest BCUT2D eigenvalue weighted by atomic mass is 32.2. The van der Waals surface area contributed by atoms with Crippen molar-refractivity contribution in [2.75, 3.05) is 18.8 Å². The van der Waals surface area contributed by atoms with Gasteiger partial charge in [-0.1, -0.05) is 13.8 Å². The molecule has 9 heteroatoms. The molecule has 0 fully saturated rings. The minimum atomic E-state index is -3.49. The quantitative estimate of drug-likeness (QED) is 0.427. The first kappa shape index (κ1) is 19.7. The molecule has 0 rings (SSSR count). The Morgan fingerprint density at radius 1 is 1.14 bits per heavy atom. The van der Waals surface area contributed by atoms with Crippen LogP contribution in [0.2, 0.25) is 0 Å². The number of urea groups is 1. The maximum Gasteiger partial charge on any atom is 0.314 e. The molecule has 0 spiro atoms. The molecule has 0 saturated carbocycles. The number of hydrogen-bond acceptors (Lipinski definition) is 4. The Balaban J connectivity index is 3.76. The van der Waals surface area contributed by atoms with Crippen LogP contribution in [-0.2, 0) is 14.8 Å². The van der Waals surface area contributed by atoms with E-state index >= 15 is 0 Å². The van der Waals surface area contributed by atoms with E-state index in [4.69, 9.17) is 10.2 Å². The van der Waals surface area contributed by atoms with Crippen LogP contribution in [-0.4, -0.2) is 44.4 Å². The van der Waals surface area contributed by atoms with Gasteiger partial charge in [0.05, 0.1) is 5.75 Å². The number of hydrogen-bond donors (Lipinski definition) is 4. The fourth-order valence-corrected chi connectivity index (χ4v) is 2.17. The van der Waals surface area contributed by atoms with Gasteiger partial charge in [0, 0.05) is 19.5 Å². The van der Waals surface area contributed by atoms with Gasteiger partial charge in [-0.2, -0.15) is 0 Å². The van der Waals surface area contributed by atoms with Crippen LogP contribution < -0.4 is 15.8 Å². The number of aliphatic carboxylic acids is 1. The SMILES string of the molecule is CC(C)(CCNC(=O)NCCCS(N)(=O)=O)CCC(=O)O. The molecule has 8 nitrogen and oxygen atoms in total. The van der Waals surface area contributed by atoms with Gasteiger partial charge in [-0.3, -0.25) is 4.79 Å². The summed E-state index contributed by atoms with van der Waals surface area (Å²) in [6.45, 7) is 4.54. The predicted octanol–water partition coefficient (Wildman–Crippen LogP) is 0.245. The van der Waals surface area contributed by atoms with Crippen molar-refractivity contribution < 1.29 is 23.1 Å². The molecule has 0 saturated heterocycles. The van der Waals surface area contributed by atoms with Crippen molar-refractivity contribution >= 4 is 22.0 Å². The third kappa shape index (κ3) is 13.4. The Morgan fingerprint density at radius 2 is 1.71 bits per heavy atom. The number of nitrogens with two attached hydrogens (primary N) is 1. The monoisotopic (exact) mass is 323 g/mol. The van der Waals surface area contributed by atoms with E-state index in [1.165, 1.54) is 0 Å². The lowest BCUT2D eigenvalue weighted by Gasteiger charge is -2.23. The first-order chi connectivity index (χ1) is 9.52. The van der Waals surface area contributed by atoms with E-state index < -0.39 is 16.0 Å². The number of carbonyl (C=O) groups excluding carboxylic acids is 1. The Bertz CT molecular complexity index is 448. The summed E-state index contributed by atoms with van der Waals surface area (Å²) in [4.78, 5) is 21.9. The molecule has 0 aliphatic heterocycles. The van der Waals surface area contributed by atoms with Gasteiger partial charge in [0.1, 0.15) is 0 Å². The summed E-state index contributed by atoms with van der Waals surface area (Å²) in [5.74, 6) is -1.00. The van der Waals surface area contributed by atoms with E-state index in [0.717, 1.165) is 0 Å². The van der Waals surface area contributed by atoms with Gasteiger partial charge in [-0.25, -0.2) is 18.4 Å².